The van der Waals surface area contributed by atoms with Crippen molar-refractivity contribution in [2.45, 2.75) is 45.6 Å². The molecule has 0 N–H and O–H groups in total. The van der Waals surface area contributed by atoms with Gasteiger partial charge in [0.1, 0.15) is 0 Å². The number of likely N-dealkylation sites (tertiary alicyclic amines) is 1. The Morgan fingerprint density at radius 2 is 2.00 bits per heavy atom. The summed E-state index contributed by atoms with van der Waals surface area (Å²) in [4.78, 5) is 2.54. The predicted octanol–water partition coefficient (Wildman–Crippen LogP) is 2.52. The van der Waals surface area contributed by atoms with Crippen LogP contribution in [0.2, 0.25) is 0 Å². The third kappa shape index (κ3) is 1.96. The molecule has 0 spiro atoms. The molecule has 1 aliphatic rings. The van der Waals surface area contributed by atoms with E-state index in [0.29, 0.717) is 0 Å². The van der Waals surface area contributed by atoms with Gasteiger partial charge in [-0.25, -0.2) is 0 Å². The molecule has 0 aliphatic carbocycles. The summed E-state index contributed by atoms with van der Waals surface area (Å²) in [6, 6.07) is 0.894. The minimum absolute atomic E-state index is 0.894. The standard InChI is InChI=1S/C10H21N/c1-4-9(5-2)10-7-6-8-11(10)3/h9-10H,4-8H2,1-3H3/t10-/m1/s1. The first kappa shape index (κ1) is 9.05. The van der Waals surface area contributed by atoms with E-state index in [1.165, 1.54) is 32.2 Å². The lowest BCUT2D eigenvalue weighted by Gasteiger charge is -2.27. The molecule has 66 valence electrons. The second-order valence-corrected chi connectivity index (χ2v) is 3.77. The van der Waals surface area contributed by atoms with Crippen LogP contribution in [0.1, 0.15) is 39.5 Å². The van der Waals surface area contributed by atoms with Gasteiger partial charge in [-0.05, 0) is 32.4 Å². The van der Waals surface area contributed by atoms with Crippen molar-refractivity contribution in [3.8, 4) is 0 Å². The van der Waals surface area contributed by atoms with Crippen LogP contribution < -0.4 is 0 Å². The van der Waals surface area contributed by atoms with Crippen molar-refractivity contribution in [3.05, 3.63) is 0 Å². The number of rotatable bonds is 3. The third-order valence-corrected chi connectivity index (χ3v) is 3.17. The maximum atomic E-state index is 2.54. The molecular weight excluding hydrogens is 134 g/mol. The molecule has 0 aromatic heterocycles. The molecule has 1 rings (SSSR count). The number of hydrogen-bond acceptors (Lipinski definition) is 1. The summed E-state index contributed by atoms with van der Waals surface area (Å²) in [6.07, 6.45) is 5.55. The summed E-state index contributed by atoms with van der Waals surface area (Å²) < 4.78 is 0. The summed E-state index contributed by atoms with van der Waals surface area (Å²) in [6.45, 7) is 5.96. The Hall–Kier alpha value is -0.0400. The lowest BCUT2D eigenvalue weighted by molar-refractivity contribution is 0.217. The summed E-state index contributed by atoms with van der Waals surface area (Å²) >= 11 is 0. The Morgan fingerprint density at radius 1 is 1.36 bits per heavy atom. The first-order valence-corrected chi connectivity index (χ1v) is 4.99. The monoisotopic (exact) mass is 155 g/mol. The van der Waals surface area contributed by atoms with Gasteiger partial charge in [-0.3, -0.25) is 0 Å². The molecule has 0 aromatic rings. The molecule has 0 aromatic carbocycles. The highest BCUT2D eigenvalue weighted by Crippen LogP contribution is 2.26. The molecule has 1 saturated heterocycles. The van der Waals surface area contributed by atoms with Gasteiger partial charge in [0, 0.05) is 6.04 Å². The van der Waals surface area contributed by atoms with Gasteiger partial charge in [0.2, 0.25) is 0 Å². The van der Waals surface area contributed by atoms with Crippen molar-refractivity contribution in [1.29, 1.82) is 0 Å². The summed E-state index contributed by atoms with van der Waals surface area (Å²) in [5.41, 5.74) is 0. The topological polar surface area (TPSA) is 3.24 Å². The fourth-order valence-electron chi connectivity index (χ4n) is 2.36. The fraction of sp³-hybridized carbons (Fsp3) is 1.00. The molecule has 1 heterocycles. The lowest BCUT2D eigenvalue weighted by Crippen LogP contribution is -2.31. The maximum absolute atomic E-state index is 2.54. The van der Waals surface area contributed by atoms with E-state index in [0.717, 1.165) is 12.0 Å². The molecule has 1 heteroatoms. The van der Waals surface area contributed by atoms with Crippen molar-refractivity contribution in [2.75, 3.05) is 13.6 Å². The van der Waals surface area contributed by atoms with E-state index in [9.17, 15) is 0 Å². The van der Waals surface area contributed by atoms with E-state index in [4.69, 9.17) is 0 Å². The zero-order chi connectivity index (χ0) is 8.27. The van der Waals surface area contributed by atoms with Crippen molar-refractivity contribution >= 4 is 0 Å². The smallest absolute Gasteiger partial charge is 0.0121 e. The quantitative estimate of drug-likeness (QED) is 0.605. The van der Waals surface area contributed by atoms with Crippen molar-refractivity contribution in [1.82, 2.24) is 4.90 Å². The van der Waals surface area contributed by atoms with Gasteiger partial charge in [-0.2, -0.15) is 0 Å². The lowest BCUT2D eigenvalue weighted by atomic mass is 9.93. The van der Waals surface area contributed by atoms with E-state index in [2.05, 4.69) is 25.8 Å². The van der Waals surface area contributed by atoms with E-state index >= 15 is 0 Å². The van der Waals surface area contributed by atoms with Crippen LogP contribution in [-0.4, -0.2) is 24.5 Å². The SMILES string of the molecule is CCC(CC)[C@H]1CCCN1C. The Bertz CT molecular complexity index is 107. The highest BCUT2D eigenvalue weighted by atomic mass is 15.1. The minimum atomic E-state index is 0.894. The Labute approximate surface area is 70.8 Å². The Morgan fingerprint density at radius 3 is 2.36 bits per heavy atom. The minimum Gasteiger partial charge on any atom is -0.303 e. The van der Waals surface area contributed by atoms with Crippen molar-refractivity contribution in [2.24, 2.45) is 5.92 Å². The Balaban J connectivity index is 2.43. The number of nitrogens with zero attached hydrogens (tertiary/aromatic N) is 1. The Kier molecular flexibility index (Phi) is 3.38. The average Bonchev–Trinajstić information content (AvgIpc) is 2.40. The maximum Gasteiger partial charge on any atom is 0.0121 e. The van der Waals surface area contributed by atoms with Gasteiger partial charge in [0.05, 0.1) is 0 Å². The van der Waals surface area contributed by atoms with Crippen LogP contribution in [0.15, 0.2) is 0 Å². The van der Waals surface area contributed by atoms with E-state index in [-0.39, 0.29) is 0 Å². The van der Waals surface area contributed by atoms with Gasteiger partial charge in [-0.1, -0.05) is 26.7 Å². The van der Waals surface area contributed by atoms with E-state index in [1.807, 2.05) is 0 Å². The molecule has 1 nitrogen and oxygen atoms in total. The summed E-state index contributed by atoms with van der Waals surface area (Å²) in [5.74, 6) is 0.947. The molecule has 1 atom stereocenters. The van der Waals surface area contributed by atoms with E-state index < -0.39 is 0 Å². The van der Waals surface area contributed by atoms with Crippen LogP contribution in [0, 0.1) is 5.92 Å². The molecular formula is C10H21N. The van der Waals surface area contributed by atoms with Crippen LogP contribution >= 0.6 is 0 Å². The fourth-order valence-corrected chi connectivity index (χ4v) is 2.36. The molecule has 0 bridgehead atoms. The third-order valence-electron chi connectivity index (χ3n) is 3.17. The normalized spacial score (nSPS) is 26.7. The summed E-state index contributed by atoms with van der Waals surface area (Å²) in [7, 11) is 2.27. The molecule has 0 saturated carbocycles. The van der Waals surface area contributed by atoms with E-state index in [1.54, 1.807) is 0 Å². The zero-order valence-corrected chi connectivity index (χ0v) is 8.14. The second kappa shape index (κ2) is 4.10. The first-order valence-electron chi connectivity index (χ1n) is 4.99. The van der Waals surface area contributed by atoms with Crippen LogP contribution in [0.4, 0.5) is 0 Å². The molecule has 0 amide bonds. The highest BCUT2D eigenvalue weighted by molar-refractivity contribution is 4.81. The molecule has 1 aliphatic heterocycles. The van der Waals surface area contributed by atoms with Gasteiger partial charge in [0.25, 0.3) is 0 Å². The number of hydrogen-bond donors (Lipinski definition) is 0. The van der Waals surface area contributed by atoms with Gasteiger partial charge >= 0.3 is 0 Å². The predicted molar refractivity (Wildman–Crippen MR) is 49.7 cm³/mol. The second-order valence-electron chi connectivity index (χ2n) is 3.77. The van der Waals surface area contributed by atoms with Crippen LogP contribution in [0.25, 0.3) is 0 Å². The molecule has 0 radical (unpaired) electrons. The average molecular weight is 155 g/mol. The molecule has 11 heavy (non-hydrogen) atoms. The van der Waals surface area contributed by atoms with Crippen LogP contribution in [0.3, 0.4) is 0 Å². The highest BCUT2D eigenvalue weighted by Gasteiger charge is 2.26. The van der Waals surface area contributed by atoms with Crippen LogP contribution in [0.5, 0.6) is 0 Å². The van der Waals surface area contributed by atoms with Gasteiger partial charge in [-0.15, -0.1) is 0 Å². The molecule has 1 fully saturated rings. The zero-order valence-electron chi connectivity index (χ0n) is 8.14. The van der Waals surface area contributed by atoms with Crippen molar-refractivity contribution < 1.29 is 0 Å². The van der Waals surface area contributed by atoms with Gasteiger partial charge in [0.15, 0.2) is 0 Å². The van der Waals surface area contributed by atoms with Gasteiger partial charge < -0.3 is 4.90 Å². The van der Waals surface area contributed by atoms with Crippen molar-refractivity contribution in [3.63, 3.8) is 0 Å². The van der Waals surface area contributed by atoms with Crippen LogP contribution in [-0.2, 0) is 0 Å². The first-order chi connectivity index (χ1) is 5.29. The largest absolute Gasteiger partial charge is 0.303 e. The molecule has 0 unspecified atom stereocenters. The summed E-state index contributed by atoms with van der Waals surface area (Å²) in [5, 5.41) is 0.